The molecule has 0 aliphatic carbocycles. The topological polar surface area (TPSA) is 49.4 Å². The average molecular weight is 322 g/mol. The lowest BCUT2D eigenvalue weighted by molar-refractivity contribution is -0.141. The normalized spacial score (nSPS) is 12.1. The molecule has 0 bridgehead atoms. The highest BCUT2D eigenvalue weighted by Crippen LogP contribution is 2.15. The van der Waals surface area contributed by atoms with Crippen LogP contribution in [0.2, 0.25) is 0 Å². The van der Waals surface area contributed by atoms with Crippen molar-refractivity contribution in [2.45, 2.75) is 65.6 Å². The van der Waals surface area contributed by atoms with Crippen molar-refractivity contribution in [3.8, 4) is 0 Å². The summed E-state index contributed by atoms with van der Waals surface area (Å²) < 4.78 is 13.1. The number of amides is 2. The predicted molar refractivity (Wildman–Crippen MR) is 89.2 cm³/mol. The zero-order valence-electron chi connectivity index (χ0n) is 14.4. The van der Waals surface area contributed by atoms with Gasteiger partial charge in [0.1, 0.15) is 11.9 Å². The molecule has 128 valence electrons. The molecule has 1 rings (SSSR count). The summed E-state index contributed by atoms with van der Waals surface area (Å²) in [6, 6.07) is 5.54. The first-order chi connectivity index (χ1) is 10.9. The van der Waals surface area contributed by atoms with E-state index in [1.54, 1.807) is 17.0 Å². The van der Waals surface area contributed by atoms with Crippen molar-refractivity contribution in [3.63, 3.8) is 0 Å². The van der Waals surface area contributed by atoms with Gasteiger partial charge in [-0.25, -0.2) is 4.39 Å². The van der Waals surface area contributed by atoms with E-state index in [-0.39, 0.29) is 23.7 Å². The summed E-state index contributed by atoms with van der Waals surface area (Å²) in [6.07, 6.45) is 1.66. The van der Waals surface area contributed by atoms with E-state index < -0.39 is 6.04 Å². The van der Waals surface area contributed by atoms with Crippen molar-refractivity contribution in [3.05, 3.63) is 35.6 Å². The predicted octanol–water partition coefficient (Wildman–Crippen LogP) is 3.26. The van der Waals surface area contributed by atoms with Gasteiger partial charge in [0.05, 0.1) is 0 Å². The fourth-order valence-electron chi connectivity index (χ4n) is 2.44. The Bertz CT molecular complexity index is 514. The summed E-state index contributed by atoms with van der Waals surface area (Å²) in [5.74, 6) is -0.513. The number of rotatable bonds is 8. The fraction of sp³-hybridized carbons (Fsp3) is 0.556. The SMILES string of the molecule is CCCC(=O)N(Cc1ccc(F)cc1)[C@@H](CC)C(=O)NC(C)C. The largest absolute Gasteiger partial charge is 0.352 e. The number of nitrogens with zero attached hydrogens (tertiary/aromatic N) is 1. The Labute approximate surface area is 138 Å². The van der Waals surface area contributed by atoms with Crippen LogP contribution in [0.5, 0.6) is 0 Å². The molecule has 1 atom stereocenters. The zero-order valence-corrected chi connectivity index (χ0v) is 14.4. The lowest BCUT2D eigenvalue weighted by Gasteiger charge is -2.31. The number of carbonyl (C=O) groups excluding carboxylic acids is 2. The van der Waals surface area contributed by atoms with Gasteiger partial charge in [-0.2, -0.15) is 0 Å². The number of halogens is 1. The molecule has 0 heterocycles. The average Bonchev–Trinajstić information content (AvgIpc) is 2.48. The second-order valence-corrected chi connectivity index (χ2v) is 5.99. The van der Waals surface area contributed by atoms with E-state index in [1.165, 1.54) is 12.1 Å². The summed E-state index contributed by atoms with van der Waals surface area (Å²) in [5.41, 5.74) is 0.812. The second-order valence-electron chi connectivity index (χ2n) is 5.99. The Hall–Kier alpha value is -1.91. The van der Waals surface area contributed by atoms with Crippen LogP contribution in [0.3, 0.4) is 0 Å². The molecular formula is C18H27FN2O2. The molecule has 0 spiro atoms. The lowest BCUT2D eigenvalue weighted by Crippen LogP contribution is -2.50. The van der Waals surface area contributed by atoms with Crippen molar-refractivity contribution >= 4 is 11.8 Å². The molecule has 4 nitrogen and oxygen atoms in total. The van der Waals surface area contributed by atoms with Gasteiger partial charge in [-0.05, 0) is 44.4 Å². The van der Waals surface area contributed by atoms with Crippen LogP contribution in [-0.2, 0) is 16.1 Å². The summed E-state index contributed by atoms with van der Waals surface area (Å²) >= 11 is 0. The maximum absolute atomic E-state index is 13.1. The summed E-state index contributed by atoms with van der Waals surface area (Å²) in [4.78, 5) is 26.5. The van der Waals surface area contributed by atoms with Gasteiger partial charge < -0.3 is 10.2 Å². The molecule has 0 aliphatic heterocycles. The third-order valence-corrected chi connectivity index (χ3v) is 3.55. The summed E-state index contributed by atoms with van der Waals surface area (Å²) in [7, 11) is 0. The van der Waals surface area contributed by atoms with Crippen LogP contribution in [0.15, 0.2) is 24.3 Å². The number of hydrogen-bond acceptors (Lipinski definition) is 2. The van der Waals surface area contributed by atoms with Gasteiger partial charge in [-0.3, -0.25) is 9.59 Å². The minimum atomic E-state index is -0.512. The highest BCUT2D eigenvalue weighted by molar-refractivity contribution is 5.87. The van der Waals surface area contributed by atoms with E-state index in [9.17, 15) is 14.0 Å². The molecule has 1 N–H and O–H groups in total. The van der Waals surface area contributed by atoms with E-state index in [0.29, 0.717) is 19.4 Å². The third-order valence-electron chi connectivity index (χ3n) is 3.55. The Morgan fingerprint density at radius 1 is 1.17 bits per heavy atom. The van der Waals surface area contributed by atoms with Gasteiger partial charge >= 0.3 is 0 Å². The smallest absolute Gasteiger partial charge is 0.243 e. The van der Waals surface area contributed by atoms with Gasteiger partial charge in [0.25, 0.3) is 0 Å². The molecule has 0 aromatic heterocycles. The maximum atomic E-state index is 13.1. The van der Waals surface area contributed by atoms with Crippen LogP contribution in [0.4, 0.5) is 4.39 Å². The highest BCUT2D eigenvalue weighted by Gasteiger charge is 2.28. The van der Waals surface area contributed by atoms with Gasteiger partial charge in [-0.15, -0.1) is 0 Å². The monoisotopic (exact) mass is 322 g/mol. The minimum absolute atomic E-state index is 0.0190. The van der Waals surface area contributed by atoms with Crippen LogP contribution < -0.4 is 5.32 Å². The quantitative estimate of drug-likeness (QED) is 0.798. The molecule has 0 unspecified atom stereocenters. The number of nitrogens with one attached hydrogen (secondary N) is 1. The van der Waals surface area contributed by atoms with Crippen molar-refractivity contribution in [1.82, 2.24) is 10.2 Å². The minimum Gasteiger partial charge on any atom is -0.352 e. The summed E-state index contributed by atoms with van der Waals surface area (Å²) in [6.45, 7) is 7.92. The van der Waals surface area contributed by atoms with E-state index in [2.05, 4.69) is 5.32 Å². The lowest BCUT2D eigenvalue weighted by atomic mass is 10.1. The van der Waals surface area contributed by atoms with E-state index >= 15 is 0 Å². The van der Waals surface area contributed by atoms with Crippen LogP contribution in [0.25, 0.3) is 0 Å². The van der Waals surface area contributed by atoms with Crippen molar-refractivity contribution in [1.29, 1.82) is 0 Å². The van der Waals surface area contributed by atoms with Crippen molar-refractivity contribution in [2.24, 2.45) is 0 Å². The highest BCUT2D eigenvalue weighted by atomic mass is 19.1. The van der Waals surface area contributed by atoms with Crippen LogP contribution in [0, 0.1) is 5.82 Å². The third kappa shape index (κ3) is 6.00. The first-order valence-electron chi connectivity index (χ1n) is 8.23. The molecule has 0 saturated heterocycles. The molecule has 0 aliphatic rings. The van der Waals surface area contributed by atoms with E-state index in [1.807, 2.05) is 27.7 Å². The van der Waals surface area contributed by atoms with E-state index in [4.69, 9.17) is 0 Å². The second kappa shape index (κ2) is 9.28. The maximum Gasteiger partial charge on any atom is 0.243 e. The molecule has 0 saturated carbocycles. The Morgan fingerprint density at radius 3 is 2.26 bits per heavy atom. The number of benzene rings is 1. The van der Waals surface area contributed by atoms with Crippen molar-refractivity contribution < 1.29 is 14.0 Å². The first kappa shape index (κ1) is 19.1. The number of carbonyl (C=O) groups is 2. The fourth-order valence-corrected chi connectivity index (χ4v) is 2.44. The Balaban J connectivity index is 2.99. The van der Waals surface area contributed by atoms with Gasteiger partial charge in [0.2, 0.25) is 11.8 Å². The van der Waals surface area contributed by atoms with Crippen LogP contribution in [0.1, 0.15) is 52.5 Å². The number of hydrogen-bond donors (Lipinski definition) is 1. The first-order valence-corrected chi connectivity index (χ1v) is 8.23. The molecular weight excluding hydrogens is 295 g/mol. The molecule has 5 heteroatoms. The van der Waals surface area contributed by atoms with Crippen LogP contribution >= 0.6 is 0 Å². The molecule has 1 aromatic rings. The molecule has 0 fully saturated rings. The van der Waals surface area contributed by atoms with Crippen LogP contribution in [-0.4, -0.2) is 28.8 Å². The molecule has 2 amide bonds. The molecule has 1 aromatic carbocycles. The molecule has 0 radical (unpaired) electrons. The van der Waals surface area contributed by atoms with Gasteiger partial charge in [0, 0.05) is 19.0 Å². The van der Waals surface area contributed by atoms with Gasteiger partial charge in [-0.1, -0.05) is 26.0 Å². The standard InChI is InChI=1S/C18H27FN2O2/c1-5-7-17(22)21(12-14-8-10-15(19)11-9-14)16(6-2)18(23)20-13(3)4/h8-11,13,16H,5-7,12H2,1-4H3,(H,20,23)/t16-/m0/s1. The van der Waals surface area contributed by atoms with Gasteiger partial charge in [0.15, 0.2) is 0 Å². The molecule has 23 heavy (non-hydrogen) atoms. The Kier molecular flexibility index (Phi) is 7.72. The summed E-state index contributed by atoms with van der Waals surface area (Å²) in [5, 5.41) is 2.87. The Morgan fingerprint density at radius 2 is 1.78 bits per heavy atom. The van der Waals surface area contributed by atoms with Crippen molar-refractivity contribution in [2.75, 3.05) is 0 Å². The zero-order chi connectivity index (χ0) is 17.4. The van der Waals surface area contributed by atoms with E-state index in [0.717, 1.165) is 12.0 Å².